The Bertz CT molecular complexity index is 1440. The molecule has 1 saturated heterocycles. The van der Waals surface area contributed by atoms with Crippen LogP contribution in [0.2, 0.25) is 0 Å². The summed E-state index contributed by atoms with van der Waals surface area (Å²) in [5.74, 6) is 2.84. The van der Waals surface area contributed by atoms with Crippen molar-refractivity contribution in [3.63, 3.8) is 0 Å². The van der Waals surface area contributed by atoms with E-state index in [1.807, 2.05) is 37.3 Å². The second-order valence-corrected chi connectivity index (χ2v) is 13.8. The minimum atomic E-state index is -0.349. The summed E-state index contributed by atoms with van der Waals surface area (Å²) in [6.07, 6.45) is 2.85. The van der Waals surface area contributed by atoms with Crippen molar-refractivity contribution >= 4 is 21.9 Å². The molecule has 3 aromatic carbocycles. The third-order valence-corrected chi connectivity index (χ3v) is 9.95. The zero-order chi connectivity index (χ0) is 31.4. The molecule has 1 fully saturated rings. The van der Waals surface area contributed by atoms with Crippen LogP contribution in [0.5, 0.6) is 17.2 Å². The minimum absolute atomic E-state index is 0.215. The van der Waals surface area contributed by atoms with Crippen molar-refractivity contribution in [1.82, 2.24) is 4.90 Å². The largest absolute Gasteiger partial charge is 0.492 e. The summed E-state index contributed by atoms with van der Waals surface area (Å²) in [6.45, 7) is 16.3. The van der Waals surface area contributed by atoms with Gasteiger partial charge in [0.25, 0.3) is 0 Å². The Morgan fingerprint density at radius 1 is 1.00 bits per heavy atom. The Labute approximate surface area is 271 Å². The van der Waals surface area contributed by atoms with E-state index in [1.165, 1.54) is 16.7 Å². The SMILES string of the molecule is CCOC(=O)C(Br)Cc1ccc(OC[C@@H]2CCCN2C[C@@H]2c3c(C)c(OCc4ccccc4)c(C)c(C)c3OC2(C)C)cc1. The Kier molecular flexibility index (Phi) is 10.3. The van der Waals surface area contributed by atoms with Gasteiger partial charge in [0.1, 0.15) is 40.9 Å². The van der Waals surface area contributed by atoms with Crippen LogP contribution in [0.1, 0.15) is 72.9 Å². The van der Waals surface area contributed by atoms with Crippen molar-refractivity contribution in [3.05, 3.63) is 88.0 Å². The molecule has 6 nitrogen and oxygen atoms in total. The summed E-state index contributed by atoms with van der Waals surface area (Å²) < 4.78 is 24.6. The smallest absolute Gasteiger partial charge is 0.320 e. The Morgan fingerprint density at radius 2 is 1.73 bits per heavy atom. The average Bonchev–Trinajstić information content (AvgIpc) is 3.57. The maximum Gasteiger partial charge on any atom is 0.320 e. The van der Waals surface area contributed by atoms with E-state index in [0.29, 0.717) is 32.3 Å². The molecule has 2 aliphatic heterocycles. The van der Waals surface area contributed by atoms with E-state index in [4.69, 9.17) is 18.9 Å². The van der Waals surface area contributed by atoms with Crippen molar-refractivity contribution in [2.24, 2.45) is 0 Å². The van der Waals surface area contributed by atoms with Crippen LogP contribution in [-0.4, -0.2) is 53.6 Å². The van der Waals surface area contributed by atoms with Gasteiger partial charge in [0.15, 0.2) is 0 Å². The van der Waals surface area contributed by atoms with E-state index in [1.54, 1.807) is 0 Å². The van der Waals surface area contributed by atoms with Gasteiger partial charge in [-0.2, -0.15) is 0 Å². The number of rotatable bonds is 12. The monoisotopic (exact) mass is 663 g/mol. The normalized spacial score (nSPS) is 19.7. The number of esters is 1. The van der Waals surface area contributed by atoms with Gasteiger partial charge < -0.3 is 18.9 Å². The van der Waals surface area contributed by atoms with Crippen LogP contribution >= 0.6 is 15.9 Å². The van der Waals surface area contributed by atoms with Gasteiger partial charge >= 0.3 is 5.97 Å². The van der Waals surface area contributed by atoms with Gasteiger partial charge in [-0.3, -0.25) is 9.69 Å². The van der Waals surface area contributed by atoms with Gasteiger partial charge in [0.2, 0.25) is 0 Å². The van der Waals surface area contributed by atoms with Crippen molar-refractivity contribution in [1.29, 1.82) is 0 Å². The fourth-order valence-electron chi connectivity index (χ4n) is 6.60. The van der Waals surface area contributed by atoms with Crippen molar-refractivity contribution in [2.45, 2.75) is 89.8 Å². The molecule has 5 rings (SSSR count). The van der Waals surface area contributed by atoms with Gasteiger partial charge in [0.05, 0.1) is 6.61 Å². The maximum absolute atomic E-state index is 12.0. The number of halogens is 1. The molecule has 2 heterocycles. The molecule has 0 radical (unpaired) electrons. The van der Waals surface area contributed by atoms with E-state index in [2.05, 4.69) is 79.7 Å². The molecule has 0 bridgehead atoms. The number of nitrogens with zero attached hydrogens (tertiary/aromatic N) is 1. The average molecular weight is 665 g/mol. The molecule has 3 aromatic rings. The predicted octanol–water partition coefficient (Wildman–Crippen LogP) is 7.86. The summed E-state index contributed by atoms with van der Waals surface area (Å²) in [5, 5.41) is 0. The van der Waals surface area contributed by atoms with E-state index >= 15 is 0 Å². The molecule has 0 saturated carbocycles. The number of hydrogen-bond donors (Lipinski definition) is 0. The Balaban J connectivity index is 1.26. The van der Waals surface area contributed by atoms with Crippen molar-refractivity contribution in [2.75, 3.05) is 26.3 Å². The van der Waals surface area contributed by atoms with E-state index in [9.17, 15) is 4.79 Å². The lowest BCUT2D eigenvalue weighted by Crippen LogP contribution is -2.42. The molecule has 0 spiro atoms. The van der Waals surface area contributed by atoms with Gasteiger partial charge in [0, 0.05) is 24.1 Å². The van der Waals surface area contributed by atoms with E-state index < -0.39 is 0 Å². The summed E-state index contributed by atoms with van der Waals surface area (Å²) in [5.41, 5.74) is 6.69. The maximum atomic E-state index is 12.0. The van der Waals surface area contributed by atoms with Crippen molar-refractivity contribution < 1.29 is 23.7 Å². The minimum Gasteiger partial charge on any atom is -0.492 e. The number of likely N-dealkylation sites (tertiary alicyclic amines) is 1. The Morgan fingerprint density at radius 3 is 2.43 bits per heavy atom. The number of benzene rings is 3. The van der Waals surface area contributed by atoms with Crippen LogP contribution in [0.15, 0.2) is 54.6 Å². The van der Waals surface area contributed by atoms with Crippen molar-refractivity contribution in [3.8, 4) is 17.2 Å². The lowest BCUT2D eigenvalue weighted by molar-refractivity contribution is -0.142. The molecule has 1 unspecified atom stereocenters. The van der Waals surface area contributed by atoms with Gasteiger partial charge in [-0.1, -0.05) is 58.4 Å². The number of carbonyl (C=O) groups is 1. The van der Waals surface area contributed by atoms with Gasteiger partial charge in [-0.15, -0.1) is 0 Å². The van der Waals surface area contributed by atoms with Crippen LogP contribution < -0.4 is 14.2 Å². The van der Waals surface area contributed by atoms with Crippen LogP contribution in [0.4, 0.5) is 0 Å². The van der Waals surface area contributed by atoms with Gasteiger partial charge in [-0.05, 0) is 107 Å². The molecule has 0 aromatic heterocycles. The second kappa shape index (κ2) is 13.9. The topological polar surface area (TPSA) is 57.2 Å². The van der Waals surface area contributed by atoms with Gasteiger partial charge in [-0.25, -0.2) is 0 Å². The molecule has 0 N–H and O–H groups in total. The molecule has 7 heteroatoms. The lowest BCUT2D eigenvalue weighted by atomic mass is 9.82. The molecule has 236 valence electrons. The molecular formula is C37H46BrNO5. The summed E-state index contributed by atoms with van der Waals surface area (Å²) in [7, 11) is 0. The first-order valence-electron chi connectivity index (χ1n) is 15.8. The first-order valence-corrected chi connectivity index (χ1v) is 16.8. The fraction of sp³-hybridized carbons (Fsp3) is 0.486. The van der Waals surface area contributed by atoms with E-state index in [0.717, 1.165) is 59.9 Å². The summed E-state index contributed by atoms with van der Waals surface area (Å²) >= 11 is 3.44. The molecular weight excluding hydrogens is 618 g/mol. The highest BCUT2D eigenvalue weighted by atomic mass is 79.9. The number of ether oxygens (including phenoxy) is 4. The van der Waals surface area contributed by atoms with E-state index in [-0.39, 0.29) is 22.3 Å². The fourth-order valence-corrected chi connectivity index (χ4v) is 7.11. The molecule has 3 atom stereocenters. The van der Waals surface area contributed by atoms with Crippen LogP contribution in [0.3, 0.4) is 0 Å². The number of alkyl halides is 1. The predicted molar refractivity (Wildman–Crippen MR) is 178 cm³/mol. The van der Waals surface area contributed by atoms with Crippen LogP contribution in [-0.2, 0) is 22.6 Å². The standard InChI is InChI=1S/C37H46BrNO5/c1-7-41-36(40)32(38)20-27-15-17-30(18-16-27)42-23-29-14-11-19-39(29)21-31-33-26(4)34(43-22-28-12-9-8-10-13-28)24(2)25(3)35(33)44-37(31,5)6/h8-10,12-13,15-18,29,31-32H,7,11,14,19-23H2,1-6H3/t29-,31+,32?/m0/s1. The third-order valence-electron chi connectivity index (χ3n) is 9.25. The second-order valence-electron chi connectivity index (χ2n) is 12.6. The first kappa shape index (κ1) is 32.4. The zero-order valence-electron chi connectivity index (χ0n) is 27.0. The highest BCUT2D eigenvalue weighted by Crippen LogP contribution is 2.52. The highest BCUT2D eigenvalue weighted by molar-refractivity contribution is 9.10. The Hall–Kier alpha value is -3.03. The van der Waals surface area contributed by atoms with Crippen LogP contribution in [0, 0.1) is 20.8 Å². The number of carbonyl (C=O) groups excluding carboxylic acids is 1. The third kappa shape index (κ3) is 7.10. The molecule has 0 amide bonds. The first-order chi connectivity index (χ1) is 21.1. The molecule has 2 aliphatic rings. The zero-order valence-corrected chi connectivity index (χ0v) is 28.5. The highest BCUT2D eigenvalue weighted by Gasteiger charge is 2.46. The molecule has 44 heavy (non-hydrogen) atoms. The lowest BCUT2D eigenvalue weighted by Gasteiger charge is -2.33. The summed E-state index contributed by atoms with van der Waals surface area (Å²) in [6, 6.07) is 18.7. The summed E-state index contributed by atoms with van der Waals surface area (Å²) in [4.78, 5) is 14.2. The number of hydrogen-bond acceptors (Lipinski definition) is 6. The quantitative estimate of drug-likeness (QED) is 0.145. The molecule has 0 aliphatic carbocycles. The van der Waals surface area contributed by atoms with Crippen LogP contribution in [0.25, 0.3) is 0 Å². The number of fused-ring (bicyclic) bond motifs is 1.